The SMILES string of the molecule is C=C(Cl)CNC(=O)C1[C@H]2CNC[C@@H]12. The molecule has 1 saturated carbocycles. The highest BCUT2D eigenvalue weighted by atomic mass is 35.5. The summed E-state index contributed by atoms with van der Waals surface area (Å²) in [4.78, 5) is 11.5. The molecule has 1 aliphatic heterocycles. The molecule has 0 aromatic rings. The summed E-state index contributed by atoms with van der Waals surface area (Å²) >= 11 is 5.55. The van der Waals surface area contributed by atoms with E-state index in [1.165, 1.54) is 0 Å². The monoisotopic (exact) mass is 200 g/mol. The summed E-state index contributed by atoms with van der Waals surface area (Å²) in [6, 6.07) is 0. The lowest BCUT2D eigenvalue weighted by Crippen LogP contribution is -2.30. The van der Waals surface area contributed by atoms with Gasteiger partial charge in [0.1, 0.15) is 0 Å². The summed E-state index contributed by atoms with van der Waals surface area (Å²) in [6.07, 6.45) is 0. The first kappa shape index (κ1) is 9.03. The van der Waals surface area contributed by atoms with Crippen molar-refractivity contribution in [3.05, 3.63) is 11.6 Å². The van der Waals surface area contributed by atoms with Crippen LogP contribution in [0.15, 0.2) is 11.6 Å². The van der Waals surface area contributed by atoms with Gasteiger partial charge in [-0.15, -0.1) is 0 Å². The summed E-state index contributed by atoms with van der Waals surface area (Å²) in [5.41, 5.74) is 0. The molecule has 1 amide bonds. The number of fused-ring (bicyclic) bond motifs is 1. The molecule has 2 aliphatic rings. The molecule has 3 atom stereocenters. The van der Waals surface area contributed by atoms with E-state index in [4.69, 9.17) is 11.6 Å². The van der Waals surface area contributed by atoms with Crippen LogP contribution in [0.2, 0.25) is 0 Å². The molecule has 13 heavy (non-hydrogen) atoms. The quantitative estimate of drug-likeness (QED) is 0.689. The summed E-state index contributed by atoms with van der Waals surface area (Å²) in [7, 11) is 0. The van der Waals surface area contributed by atoms with Gasteiger partial charge in [-0.1, -0.05) is 18.2 Å². The Labute approximate surface area is 82.5 Å². The van der Waals surface area contributed by atoms with Crippen LogP contribution in [0, 0.1) is 17.8 Å². The third-order valence-electron chi connectivity index (χ3n) is 2.85. The van der Waals surface area contributed by atoms with Crippen LogP contribution in [-0.4, -0.2) is 25.5 Å². The Morgan fingerprint density at radius 1 is 1.54 bits per heavy atom. The average Bonchev–Trinajstić information content (AvgIpc) is 2.56. The Balaban J connectivity index is 1.77. The fraction of sp³-hybridized carbons (Fsp3) is 0.667. The van der Waals surface area contributed by atoms with Crippen molar-refractivity contribution in [1.82, 2.24) is 10.6 Å². The minimum absolute atomic E-state index is 0.137. The number of hydrogen-bond donors (Lipinski definition) is 2. The molecule has 72 valence electrons. The number of halogens is 1. The van der Waals surface area contributed by atoms with E-state index < -0.39 is 0 Å². The third kappa shape index (κ3) is 1.71. The highest BCUT2D eigenvalue weighted by Gasteiger charge is 2.56. The van der Waals surface area contributed by atoms with Crippen molar-refractivity contribution in [3.8, 4) is 0 Å². The number of amides is 1. The van der Waals surface area contributed by atoms with E-state index >= 15 is 0 Å². The maximum Gasteiger partial charge on any atom is 0.224 e. The molecule has 1 aliphatic carbocycles. The Kier molecular flexibility index (Phi) is 2.30. The molecule has 0 bridgehead atoms. The Morgan fingerprint density at radius 3 is 2.69 bits per heavy atom. The first-order valence-electron chi connectivity index (χ1n) is 4.52. The molecule has 2 N–H and O–H groups in total. The van der Waals surface area contributed by atoms with Crippen molar-refractivity contribution in [3.63, 3.8) is 0 Å². The lowest BCUT2D eigenvalue weighted by molar-refractivity contribution is -0.122. The zero-order valence-electron chi connectivity index (χ0n) is 7.35. The van der Waals surface area contributed by atoms with Crippen LogP contribution in [0.1, 0.15) is 0 Å². The van der Waals surface area contributed by atoms with Gasteiger partial charge in [0, 0.05) is 11.0 Å². The molecular weight excluding hydrogens is 188 g/mol. The second-order valence-electron chi connectivity index (χ2n) is 3.75. The van der Waals surface area contributed by atoms with Gasteiger partial charge in [-0.25, -0.2) is 0 Å². The topological polar surface area (TPSA) is 41.1 Å². The molecule has 1 unspecified atom stereocenters. The molecule has 0 radical (unpaired) electrons. The number of carbonyl (C=O) groups is 1. The molecule has 3 nitrogen and oxygen atoms in total. The maximum atomic E-state index is 11.5. The second-order valence-corrected chi connectivity index (χ2v) is 4.28. The molecule has 1 heterocycles. The number of nitrogens with one attached hydrogen (secondary N) is 2. The minimum atomic E-state index is 0.137. The molecule has 0 aromatic heterocycles. The van der Waals surface area contributed by atoms with Gasteiger partial charge in [0.25, 0.3) is 0 Å². The van der Waals surface area contributed by atoms with Crippen LogP contribution in [0.5, 0.6) is 0 Å². The van der Waals surface area contributed by atoms with Crippen molar-refractivity contribution in [1.29, 1.82) is 0 Å². The molecule has 2 rings (SSSR count). The van der Waals surface area contributed by atoms with Crippen molar-refractivity contribution in [2.24, 2.45) is 17.8 Å². The smallest absolute Gasteiger partial charge is 0.224 e. The van der Waals surface area contributed by atoms with Gasteiger partial charge >= 0.3 is 0 Å². The Morgan fingerprint density at radius 2 is 2.15 bits per heavy atom. The van der Waals surface area contributed by atoms with E-state index in [1.807, 2.05) is 0 Å². The summed E-state index contributed by atoms with van der Waals surface area (Å²) < 4.78 is 0. The van der Waals surface area contributed by atoms with Crippen molar-refractivity contribution >= 4 is 17.5 Å². The van der Waals surface area contributed by atoms with Crippen molar-refractivity contribution in [2.45, 2.75) is 0 Å². The maximum absolute atomic E-state index is 11.5. The number of rotatable bonds is 3. The normalized spacial score (nSPS) is 35.3. The number of hydrogen-bond acceptors (Lipinski definition) is 2. The van der Waals surface area contributed by atoms with Crippen molar-refractivity contribution in [2.75, 3.05) is 19.6 Å². The van der Waals surface area contributed by atoms with E-state index in [-0.39, 0.29) is 11.8 Å². The Bertz CT molecular complexity index is 244. The van der Waals surface area contributed by atoms with Crippen LogP contribution in [-0.2, 0) is 4.79 Å². The standard InChI is InChI=1S/C9H13ClN2O/c1-5(10)2-12-9(13)8-6-3-11-4-7(6)8/h6-8,11H,1-4H2,(H,12,13)/t6-,7+,8?. The average molecular weight is 201 g/mol. The van der Waals surface area contributed by atoms with Crippen LogP contribution < -0.4 is 10.6 Å². The molecule has 1 saturated heterocycles. The molecular formula is C9H13ClN2O. The van der Waals surface area contributed by atoms with Crippen molar-refractivity contribution < 1.29 is 4.79 Å². The predicted molar refractivity (Wildman–Crippen MR) is 51.3 cm³/mol. The first-order chi connectivity index (χ1) is 6.20. The molecule has 0 spiro atoms. The summed E-state index contributed by atoms with van der Waals surface area (Å²) in [6.45, 7) is 5.89. The van der Waals surface area contributed by atoms with Gasteiger partial charge in [0.2, 0.25) is 5.91 Å². The lowest BCUT2D eigenvalue weighted by Gasteiger charge is -2.05. The van der Waals surface area contributed by atoms with Gasteiger partial charge in [0.05, 0.1) is 6.54 Å². The van der Waals surface area contributed by atoms with Gasteiger partial charge in [0.15, 0.2) is 0 Å². The van der Waals surface area contributed by atoms with E-state index in [0.29, 0.717) is 23.4 Å². The summed E-state index contributed by atoms with van der Waals surface area (Å²) in [5, 5.41) is 6.51. The zero-order valence-corrected chi connectivity index (χ0v) is 8.10. The molecule has 2 fully saturated rings. The van der Waals surface area contributed by atoms with Crippen LogP contribution in [0.3, 0.4) is 0 Å². The minimum Gasteiger partial charge on any atom is -0.351 e. The number of piperidine rings is 1. The highest BCUT2D eigenvalue weighted by molar-refractivity contribution is 6.29. The molecule has 0 aromatic carbocycles. The largest absolute Gasteiger partial charge is 0.351 e. The predicted octanol–water partition coefficient (Wildman–Crippen LogP) is 0.320. The lowest BCUT2D eigenvalue weighted by atomic mass is 10.2. The highest BCUT2D eigenvalue weighted by Crippen LogP contribution is 2.48. The van der Waals surface area contributed by atoms with E-state index in [2.05, 4.69) is 17.2 Å². The van der Waals surface area contributed by atoms with Gasteiger partial charge in [-0.05, 0) is 24.9 Å². The van der Waals surface area contributed by atoms with Crippen LogP contribution in [0.25, 0.3) is 0 Å². The van der Waals surface area contributed by atoms with Gasteiger partial charge in [-0.3, -0.25) is 4.79 Å². The second kappa shape index (κ2) is 3.31. The van der Waals surface area contributed by atoms with E-state index in [0.717, 1.165) is 13.1 Å². The fourth-order valence-electron chi connectivity index (χ4n) is 2.11. The first-order valence-corrected chi connectivity index (χ1v) is 4.89. The number of carbonyl (C=O) groups excluding carboxylic acids is 1. The summed E-state index contributed by atoms with van der Waals surface area (Å²) in [5.74, 6) is 1.52. The van der Waals surface area contributed by atoms with Gasteiger partial charge in [-0.2, -0.15) is 0 Å². The third-order valence-corrected chi connectivity index (χ3v) is 2.98. The van der Waals surface area contributed by atoms with Gasteiger partial charge < -0.3 is 10.6 Å². The van der Waals surface area contributed by atoms with Crippen LogP contribution >= 0.6 is 11.6 Å². The zero-order chi connectivity index (χ0) is 9.42. The molecule has 4 heteroatoms. The fourth-order valence-corrected chi connectivity index (χ4v) is 2.17. The van der Waals surface area contributed by atoms with E-state index in [9.17, 15) is 4.79 Å². The van der Waals surface area contributed by atoms with E-state index in [1.54, 1.807) is 0 Å². The van der Waals surface area contributed by atoms with Crippen LogP contribution in [0.4, 0.5) is 0 Å². The Hall–Kier alpha value is -0.540.